The Labute approximate surface area is 163 Å². The monoisotopic (exact) mass is 402 g/mol. The number of unbranched alkanes of at least 4 members (excludes halogenated alkanes) is 4. The van der Waals surface area contributed by atoms with Crippen LogP contribution in [-0.2, 0) is 15.8 Å². The van der Waals surface area contributed by atoms with Crippen molar-refractivity contribution in [1.82, 2.24) is 4.90 Å². The van der Waals surface area contributed by atoms with Crippen LogP contribution in [0.5, 0.6) is 0 Å². The Kier molecular flexibility index (Phi) is 11.7. The lowest BCUT2D eigenvalue weighted by Crippen LogP contribution is -2.26. The van der Waals surface area contributed by atoms with Gasteiger partial charge in [0, 0.05) is 0 Å². The molecular formula is C20H35FN2O3S. The highest BCUT2D eigenvalue weighted by Crippen LogP contribution is 2.19. The van der Waals surface area contributed by atoms with Gasteiger partial charge in [0.15, 0.2) is 0 Å². The predicted octanol–water partition coefficient (Wildman–Crippen LogP) is 3.53. The Morgan fingerprint density at radius 1 is 1.04 bits per heavy atom. The molecular weight excluding hydrogens is 367 g/mol. The summed E-state index contributed by atoms with van der Waals surface area (Å²) >= 11 is 0. The number of nitrogens with zero attached hydrogens (tertiary/aromatic N) is 1. The van der Waals surface area contributed by atoms with Crippen LogP contribution >= 0.6 is 0 Å². The van der Waals surface area contributed by atoms with Crippen molar-refractivity contribution < 1.29 is 17.9 Å². The molecule has 1 aromatic carbocycles. The van der Waals surface area contributed by atoms with E-state index >= 15 is 0 Å². The average Bonchev–Trinajstić information content (AvgIpc) is 2.62. The number of rotatable bonds is 15. The van der Waals surface area contributed by atoms with Gasteiger partial charge in [0.25, 0.3) is 0 Å². The van der Waals surface area contributed by atoms with Gasteiger partial charge in [-0.05, 0) is 56.4 Å². The fraction of sp³-hybridized carbons (Fsp3) is 0.700. The molecule has 7 heteroatoms. The van der Waals surface area contributed by atoms with Crippen LogP contribution in [0.4, 0.5) is 4.39 Å². The van der Waals surface area contributed by atoms with Crippen molar-refractivity contribution in [2.75, 3.05) is 26.3 Å². The van der Waals surface area contributed by atoms with Gasteiger partial charge < -0.3 is 10.0 Å². The molecule has 1 atom stereocenters. The molecule has 0 aromatic heterocycles. The molecule has 0 spiro atoms. The lowest BCUT2D eigenvalue weighted by atomic mass is 10.0. The van der Waals surface area contributed by atoms with Crippen molar-refractivity contribution in [1.29, 1.82) is 0 Å². The number of hydrogen-bond donors (Lipinski definition) is 2. The maximum Gasteiger partial charge on any atom is 0.213 e. The maximum atomic E-state index is 12.0. The van der Waals surface area contributed by atoms with Crippen molar-refractivity contribution in [3.05, 3.63) is 35.4 Å². The van der Waals surface area contributed by atoms with Crippen LogP contribution in [0.15, 0.2) is 24.3 Å². The van der Waals surface area contributed by atoms with Crippen LogP contribution in [-0.4, -0.2) is 44.7 Å². The van der Waals surface area contributed by atoms with Gasteiger partial charge >= 0.3 is 0 Å². The summed E-state index contributed by atoms with van der Waals surface area (Å²) in [6.45, 7) is 4.91. The minimum absolute atomic E-state index is 0.192. The van der Waals surface area contributed by atoms with Crippen LogP contribution in [0.3, 0.4) is 0 Å². The number of aliphatic hydroxyl groups excluding tert-OH is 1. The number of benzene rings is 1. The number of nitrogens with two attached hydrogens (primary N) is 1. The lowest BCUT2D eigenvalue weighted by molar-refractivity contribution is 0.155. The molecule has 0 aliphatic heterocycles. The van der Waals surface area contributed by atoms with Gasteiger partial charge in [-0.15, -0.1) is 0 Å². The third-order valence-corrected chi connectivity index (χ3v) is 5.48. The minimum atomic E-state index is -3.54. The predicted molar refractivity (Wildman–Crippen MR) is 109 cm³/mol. The second-order valence-corrected chi connectivity index (χ2v) is 8.71. The number of halogens is 1. The molecule has 0 fully saturated rings. The zero-order valence-electron chi connectivity index (χ0n) is 16.4. The summed E-state index contributed by atoms with van der Waals surface area (Å²) < 4.78 is 34.2. The van der Waals surface area contributed by atoms with Crippen molar-refractivity contribution in [3.8, 4) is 0 Å². The quantitative estimate of drug-likeness (QED) is 0.440. The van der Waals surface area contributed by atoms with Gasteiger partial charge in [0.2, 0.25) is 10.0 Å². The summed E-state index contributed by atoms with van der Waals surface area (Å²) in [7, 11) is -3.54. The third kappa shape index (κ3) is 11.4. The normalized spacial score (nSPS) is 13.2. The summed E-state index contributed by atoms with van der Waals surface area (Å²) in [4.78, 5) is 2.39. The fourth-order valence-corrected chi connectivity index (χ4v) is 3.79. The first kappa shape index (κ1) is 24.0. The molecule has 156 valence electrons. The molecule has 27 heavy (non-hydrogen) atoms. The largest absolute Gasteiger partial charge is 0.388 e. The summed E-state index contributed by atoms with van der Waals surface area (Å²) in [6, 6.07) is 6.93. The first-order valence-corrected chi connectivity index (χ1v) is 11.6. The van der Waals surface area contributed by atoms with E-state index in [1.165, 1.54) is 0 Å². The Morgan fingerprint density at radius 3 is 2.22 bits per heavy atom. The van der Waals surface area contributed by atoms with E-state index in [9.17, 15) is 17.9 Å². The van der Waals surface area contributed by atoms with E-state index in [4.69, 9.17) is 5.14 Å². The zero-order valence-corrected chi connectivity index (χ0v) is 17.3. The van der Waals surface area contributed by atoms with Gasteiger partial charge in [-0.3, -0.25) is 4.39 Å². The Hall–Kier alpha value is -1.02. The third-order valence-electron chi connectivity index (χ3n) is 4.74. The standard InChI is InChI=1S/C20H35FN2O3S/c1-2-23(15-7-5-3-4-6-14-21)16-8-9-20(24)19-12-10-18(11-13-19)17-27(22,25)26/h10-13,20,24H,2-9,14-17H2,1H3,(H2,22,25,26)/t20-/m0/s1. The van der Waals surface area contributed by atoms with Crippen molar-refractivity contribution in [2.24, 2.45) is 5.14 Å². The van der Waals surface area contributed by atoms with Gasteiger partial charge in [-0.1, -0.05) is 50.5 Å². The van der Waals surface area contributed by atoms with Gasteiger partial charge in [0.1, 0.15) is 0 Å². The van der Waals surface area contributed by atoms with E-state index in [2.05, 4.69) is 11.8 Å². The maximum absolute atomic E-state index is 12.0. The topological polar surface area (TPSA) is 83.6 Å². The molecule has 1 aromatic rings. The van der Waals surface area contributed by atoms with Crippen LogP contribution in [0.25, 0.3) is 0 Å². The van der Waals surface area contributed by atoms with E-state index in [0.29, 0.717) is 18.4 Å². The minimum Gasteiger partial charge on any atom is -0.388 e. The van der Waals surface area contributed by atoms with E-state index in [1.807, 2.05) is 0 Å². The smallest absolute Gasteiger partial charge is 0.213 e. The van der Waals surface area contributed by atoms with Gasteiger partial charge in [-0.2, -0.15) is 0 Å². The Bertz CT molecular complexity index is 608. The molecule has 0 aliphatic rings. The zero-order chi connectivity index (χ0) is 20.1. The van der Waals surface area contributed by atoms with Crippen LogP contribution in [0.1, 0.15) is 69.1 Å². The molecule has 0 radical (unpaired) electrons. The highest BCUT2D eigenvalue weighted by atomic mass is 32.2. The van der Waals surface area contributed by atoms with Crippen LogP contribution in [0, 0.1) is 0 Å². The highest BCUT2D eigenvalue weighted by molar-refractivity contribution is 7.88. The van der Waals surface area contributed by atoms with Crippen molar-refractivity contribution in [3.63, 3.8) is 0 Å². The van der Waals surface area contributed by atoms with E-state index < -0.39 is 16.1 Å². The Balaban J connectivity index is 2.28. The molecule has 0 heterocycles. The SMILES string of the molecule is CCN(CCCCCCCF)CCC[C@H](O)c1ccc(CS(N)(=O)=O)cc1. The molecule has 0 bridgehead atoms. The Morgan fingerprint density at radius 2 is 1.63 bits per heavy atom. The number of hydrogen-bond acceptors (Lipinski definition) is 4. The molecule has 3 N–H and O–H groups in total. The van der Waals surface area contributed by atoms with E-state index in [-0.39, 0.29) is 12.4 Å². The van der Waals surface area contributed by atoms with Crippen molar-refractivity contribution in [2.45, 2.75) is 63.7 Å². The van der Waals surface area contributed by atoms with E-state index in [0.717, 1.165) is 57.3 Å². The van der Waals surface area contributed by atoms with Crippen LogP contribution in [0.2, 0.25) is 0 Å². The first-order chi connectivity index (χ1) is 12.9. The number of sulfonamides is 1. The summed E-state index contributed by atoms with van der Waals surface area (Å²) in [5, 5.41) is 15.4. The second kappa shape index (κ2) is 13.2. The summed E-state index contributed by atoms with van der Waals surface area (Å²) in [5.41, 5.74) is 1.42. The van der Waals surface area contributed by atoms with Crippen molar-refractivity contribution >= 4 is 10.0 Å². The highest BCUT2D eigenvalue weighted by Gasteiger charge is 2.10. The molecule has 0 unspecified atom stereocenters. The number of alkyl halides is 1. The molecule has 1 rings (SSSR count). The number of primary sulfonamides is 1. The lowest BCUT2D eigenvalue weighted by Gasteiger charge is -2.21. The van der Waals surface area contributed by atoms with Crippen LogP contribution < -0.4 is 5.14 Å². The molecule has 5 nitrogen and oxygen atoms in total. The summed E-state index contributed by atoms with van der Waals surface area (Å²) in [5.74, 6) is -0.192. The molecule has 0 aliphatic carbocycles. The van der Waals surface area contributed by atoms with Gasteiger partial charge in [0.05, 0.1) is 18.5 Å². The van der Waals surface area contributed by atoms with Gasteiger partial charge in [-0.25, -0.2) is 13.6 Å². The average molecular weight is 403 g/mol. The summed E-state index contributed by atoms with van der Waals surface area (Å²) in [6.07, 6.45) is 6.05. The first-order valence-electron chi connectivity index (χ1n) is 9.91. The second-order valence-electron chi connectivity index (χ2n) is 7.10. The van der Waals surface area contributed by atoms with E-state index in [1.54, 1.807) is 24.3 Å². The molecule has 0 saturated carbocycles. The molecule has 0 amide bonds. The molecule has 0 saturated heterocycles. The fourth-order valence-electron chi connectivity index (χ4n) is 3.13. The number of aliphatic hydroxyl groups is 1.